The third kappa shape index (κ3) is 2.98. The number of cyclic esters (lactones) is 1. The van der Waals surface area contributed by atoms with E-state index in [9.17, 15) is 14.4 Å². The van der Waals surface area contributed by atoms with Crippen molar-refractivity contribution in [2.75, 3.05) is 6.61 Å². The number of imide groups is 1. The van der Waals surface area contributed by atoms with Gasteiger partial charge in [-0.1, -0.05) is 0 Å². The van der Waals surface area contributed by atoms with Gasteiger partial charge < -0.3 is 16.4 Å². The number of carbonyl (C=O) groups is 3. The minimum atomic E-state index is -1.47. The topological polar surface area (TPSA) is 81.7 Å². The van der Waals surface area contributed by atoms with Crippen LogP contribution in [0.1, 0.15) is 0 Å². The monoisotopic (exact) mass is 195 g/mol. The molecule has 0 aromatic rings. The Morgan fingerprint density at radius 1 is 1.62 bits per heavy atom. The van der Waals surface area contributed by atoms with Crippen LogP contribution in [0.4, 0.5) is 4.79 Å². The van der Waals surface area contributed by atoms with Gasteiger partial charge in [-0.2, -0.15) is 0 Å². The molecule has 0 bridgehead atoms. The number of ether oxygens (including phenoxy) is 2. The third-order valence-electron chi connectivity index (χ3n) is 1.15. The van der Waals surface area contributed by atoms with E-state index in [4.69, 9.17) is 0 Å². The van der Waals surface area contributed by atoms with Crippen LogP contribution in [0.3, 0.4) is 0 Å². The molecule has 1 rings (SSSR count). The Bertz CT molecular complexity index is 241. The molecule has 2 amide bonds. The Kier molecular flexibility index (Phi) is 4.97. The van der Waals surface area contributed by atoms with Crippen LogP contribution in [0.2, 0.25) is 0 Å². The van der Waals surface area contributed by atoms with Gasteiger partial charge in [0.05, 0.1) is 0 Å². The molecule has 1 N–H and O–H groups in total. The zero-order chi connectivity index (χ0) is 9.14. The second kappa shape index (κ2) is 5.21. The summed E-state index contributed by atoms with van der Waals surface area (Å²) >= 11 is 0. The maximum Gasteiger partial charge on any atom is 1.00 e. The van der Waals surface area contributed by atoms with E-state index < -0.39 is 24.1 Å². The molecule has 1 aliphatic rings. The van der Waals surface area contributed by atoms with Crippen LogP contribution in [0.25, 0.3) is 0 Å². The number of amides is 2. The molecule has 0 aromatic heterocycles. The average Bonchev–Trinajstić information content (AvgIpc) is 2.30. The summed E-state index contributed by atoms with van der Waals surface area (Å²) in [5.41, 5.74) is 0. The molecule has 1 aliphatic heterocycles. The fraction of sp³-hybridized carbons (Fsp3) is 0.333. The minimum absolute atomic E-state index is 0. The van der Waals surface area contributed by atoms with E-state index in [0.717, 1.165) is 0 Å². The van der Waals surface area contributed by atoms with Crippen LogP contribution < -0.4 is 34.9 Å². The fourth-order valence-corrected chi connectivity index (χ4v) is 0.688. The molecule has 66 valence electrons. The molecule has 1 unspecified atom stereocenters. The maximum atomic E-state index is 10.8. The van der Waals surface area contributed by atoms with Crippen molar-refractivity contribution in [1.29, 1.82) is 0 Å². The second-order valence-electron chi connectivity index (χ2n) is 1.94. The summed E-state index contributed by atoms with van der Waals surface area (Å²) in [6, 6.07) is 0. The number of hydrogen-bond donors (Lipinski definition) is 1. The fourth-order valence-electron chi connectivity index (χ4n) is 0.688. The third-order valence-corrected chi connectivity index (χ3v) is 1.15. The Balaban J connectivity index is 0.00000144. The van der Waals surface area contributed by atoms with Crippen molar-refractivity contribution in [3.63, 3.8) is 0 Å². The van der Waals surface area contributed by atoms with Gasteiger partial charge >= 0.3 is 41.6 Å². The van der Waals surface area contributed by atoms with Gasteiger partial charge in [0.25, 0.3) is 12.0 Å². The van der Waals surface area contributed by atoms with Crippen molar-refractivity contribution in [2.45, 2.75) is 6.10 Å². The molecule has 1 atom stereocenters. The standard InChI is InChI=1S/C6H6NO5.Na/c1-2-11-5(9)3-4(8)7-6(10)12-3;/h3H,1-2H2,(H,7,8,10);/q-1;+1. The van der Waals surface area contributed by atoms with Crippen molar-refractivity contribution in [1.82, 2.24) is 5.32 Å². The quantitative estimate of drug-likeness (QED) is 0.210. The van der Waals surface area contributed by atoms with Crippen molar-refractivity contribution < 1.29 is 53.4 Å². The Hall–Kier alpha value is -0.590. The molecule has 1 heterocycles. The molecular formula is C6H6NNaO5. The van der Waals surface area contributed by atoms with Gasteiger partial charge in [-0.15, -0.1) is 0 Å². The van der Waals surface area contributed by atoms with Gasteiger partial charge in [0.1, 0.15) is 0 Å². The second-order valence-corrected chi connectivity index (χ2v) is 1.94. The predicted molar refractivity (Wildman–Crippen MR) is 34.7 cm³/mol. The average molecular weight is 195 g/mol. The van der Waals surface area contributed by atoms with E-state index in [1.54, 1.807) is 5.32 Å². The zero-order valence-electron chi connectivity index (χ0n) is 7.03. The minimum Gasteiger partial charge on any atom is -0.496 e. The summed E-state index contributed by atoms with van der Waals surface area (Å²) in [6.45, 7) is 3.11. The summed E-state index contributed by atoms with van der Waals surface area (Å²) in [4.78, 5) is 31.9. The number of rotatable bonds is 2. The van der Waals surface area contributed by atoms with Crippen LogP contribution in [0.15, 0.2) is 0 Å². The van der Waals surface area contributed by atoms with Crippen LogP contribution in [0, 0.1) is 6.92 Å². The first kappa shape index (κ1) is 12.4. The van der Waals surface area contributed by atoms with E-state index in [-0.39, 0.29) is 36.2 Å². The molecule has 0 aliphatic carbocycles. The van der Waals surface area contributed by atoms with Crippen molar-refractivity contribution in [3.8, 4) is 0 Å². The van der Waals surface area contributed by atoms with E-state index in [2.05, 4.69) is 16.4 Å². The molecule has 6 nitrogen and oxygen atoms in total. The van der Waals surface area contributed by atoms with Gasteiger partial charge in [0.2, 0.25) is 0 Å². The van der Waals surface area contributed by atoms with Crippen LogP contribution in [-0.2, 0) is 19.1 Å². The van der Waals surface area contributed by atoms with Crippen LogP contribution >= 0.6 is 0 Å². The largest absolute Gasteiger partial charge is 1.00 e. The summed E-state index contributed by atoms with van der Waals surface area (Å²) in [5, 5.41) is 1.78. The van der Waals surface area contributed by atoms with Crippen molar-refractivity contribution >= 4 is 18.0 Å². The van der Waals surface area contributed by atoms with Crippen molar-refractivity contribution in [3.05, 3.63) is 6.92 Å². The van der Waals surface area contributed by atoms with E-state index >= 15 is 0 Å². The molecule has 13 heavy (non-hydrogen) atoms. The molecule has 7 heteroatoms. The van der Waals surface area contributed by atoms with Gasteiger partial charge in [0, 0.05) is 0 Å². The first-order valence-corrected chi connectivity index (χ1v) is 3.12. The SMILES string of the molecule is [CH2-]COC(=O)C1OC(=O)NC1=O.[Na+]. The van der Waals surface area contributed by atoms with E-state index in [0.29, 0.717) is 0 Å². The zero-order valence-corrected chi connectivity index (χ0v) is 9.03. The van der Waals surface area contributed by atoms with E-state index in [1.807, 2.05) is 0 Å². The Morgan fingerprint density at radius 3 is 2.62 bits per heavy atom. The van der Waals surface area contributed by atoms with Gasteiger partial charge in [0.15, 0.2) is 0 Å². The molecule has 0 saturated carbocycles. The Labute approximate surface area is 96.2 Å². The summed E-state index contributed by atoms with van der Waals surface area (Å²) in [6.07, 6.45) is -2.41. The number of carbonyl (C=O) groups excluding carboxylic acids is 3. The van der Waals surface area contributed by atoms with Crippen LogP contribution in [0.5, 0.6) is 0 Å². The first-order valence-electron chi connectivity index (χ1n) is 3.12. The van der Waals surface area contributed by atoms with Gasteiger partial charge in [-0.3, -0.25) is 10.1 Å². The molecule has 0 spiro atoms. The van der Waals surface area contributed by atoms with E-state index in [1.165, 1.54) is 0 Å². The summed E-state index contributed by atoms with van der Waals surface area (Å²) < 4.78 is 8.64. The smallest absolute Gasteiger partial charge is 0.496 e. The number of hydrogen-bond acceptors (Lipinski definition) is 5. The van der Waals surface area contributed by atoms with Crippen molar-refractivity contribution in [2.24, 2.45) is 0 Å². The van der Waals surface area contributed by atoms with Gasteiger partial charge in [-0.25, -0.2) is 9.59 Å². The summed E-state index contributed by atoms with van der Waals surface area (Å²) in [7, 11) is 0. The van der Waals surface area contributed by atoms with Crippen LogP contribution in [-0.4, -0.2) is 30.7 Å². The summed E-state index contributed by atoms with van der Waals surface area (Å²) in [5.74, 6) is -1.72. The molecular weight excluding hydrogens is 189 g/mol. The number of nitrogens with one attached hydrogen (secondary N) is 1. The van der Waals surface area contributed by atoms with Gasteiger partial charge in [-0.05, 0) is 6.61 Å². The number of esters is 1. The first-order chi connectivity index (χ1) is 5.65. The normalized spacial score (nSPS) is 19.9. The maximum absolute atomic E-state index is 10.8. The Morgan fingerprint density at radius 2 is 2.23 bits per heavy atom. The molecule has 1 fully saturated rings. The molecule has 1 saturated heterocycles. The molecule has 0 radical (unpaired) electrons. The molecule has 0 aromatic carbocycles. The number of alkyl carbamates (subject to hydrolysis) is 1. The predicted octanol–water partition coefficient (Wildman–Crippen LogP) is -4.00.